The SMILES string of the molecule is C/C(N)=C(/C#N)C(=O)CSC1=Nc2ccccc2CS1. The molecule has 4 nitrogen and oxygen atoms in total. The van der Waals surface area contributed by atoms with Gasteiger partial charge in [0.25, 0.3) is 0 Å². The maximum absolute atomic E-state index is 11.9. The van der Waals surface area contributed by atoms with Gasteiger partial charge < -0.3 is 5.73 Å². The van der Waals surface area contributed by atoms with Gasteiger partial charge in [0.15, 0.2) is 5.78 Å². The summed E-state index contributed by atoms with van der Waals surface area (Å²) in [7, 11) is 0. The van der Waals surface area contributed by atoms with Crippen molar-refractivity contribution < 1.29 is 4.79 Å². The molecule has 2 rings (SSSR count). The molecule has 2 N–H and O–H groups in total. The fraction of sp³-hybridized carbons (Fsp3) is 0.214. The zero-order valence-electron chi connectivity index (χ0n) is 10.9. The second-order valence-electron chi connectivity index (χ2n) is 4.18. The Labute approximate surface area is 126 Å². The first kappa shape index (κ1) is 14.7. The average Bonchev–Trinajstić information content (AvgIpc) is 2.45. The van der Waals surface area contributed by atoms with E-state index in [9.17, 15) is 4.79 Å². The number of nitrogens with zero attached hydrogens (tertiary/aromatic N) is 2. The van der Waals surface area contributed by atoms with Gasteiger partial charge in [-0.15, -0.1) is 0 Å². The summed E-state index contributed by atoms with van der Waals surface area (Å²) in [5.41, 5.74) is 7.97. The van der Waals surface area contributed by atoms with E-state index in [-0.39, 0.29) is 22.8 Å². The van der Waals surface area contributed by atoms with Crippen molar-refractivity contribution in [2.45, 2.75) is 12.7 Å². The number of hydrogen-bond donors (Lipinski definition) is 1. The lowest BCUT2D eigenvalue weighted by molar-refractivity contribution is -0.112. The van der Waals surface area contributed by atoms with Crippen molar-refractivity contribution in [1.29, 1.82) is 5.26 Å². The van der Waals surface area contributed by atoms with Gasteiger partial charge in [0, 0.05) is 11.4 Å². The first-order chi connectivity index (χ1) is 9.61. The number of carbonyl (C=O) groups is 1. The minimum absolute atomic E-state index is 0.0410. The lowest BCUT2D eigenvalue weighted by atomic mass is 10.2. The van der Waals surface area contributed by atoms with Crippen LogP contribution in [0.3, 0.4) is 0 Å². The van der Waals surface area contributed by atoms with Gasteiger partial charge in [-0.1, -0.05) is 41.7 Å². The molecule has 102 valence electrons. The third-order valence-electron chi connectivity index (χ3n) is 2.67. The van der Waals surface area contributed by atoms with Crippen molar-refractivity contribution in [3.63, 3.8) is 0 Å². The predicted molar refractivity (Wildman–Crippen MR) is 84.8 cm³/mol. The molecule has 1 heterocycles. The highest BCUT2D eigenvalue weighted by molar-refractivity contribution is 8.38. The Kier molecular flexibility index (Phi) is 4.88. The lowest BCUT2D eigenvalue weighted by Crippen LogP contribution is -2.11. The second-order valence-corrected chi connectivity index (χ2v) is 6.36. The summed E-state index contributed by atoms with van der Waals surface area (Å²) in [5.74, 6) is 0.790. The van der Waals surface area contributed by atoms with Crippen LogP contribution in [0.4, 0.5) is 5.69 Å². The maximum Gasteiger partial charge on any atom is 0.185 e. The Balaban J connectivity index is 2.04. The average molecular weight is 303 g/mol. The first-order valence-electron chi connectivity index (χ1n) is 5.93. The number of rotatable bonds is 3. The molecular formula is C14H13N3OS2. The largest absolute Gasteiger partial charge is 0.401 e. The van der Waals surface area contributed by atoms with Crippen molar-refractivity contribution in [3.8, 4) is 6.07 Å². The summed E-state index contributed by atoms with van der Waals surface area (Å²) in [6, 6.07) is 9.79. The quantitative estimate of drug-likeness (QED) is 0.686. The normalized spacial score (nSPS) is 14.7. The van der Waals surface area contributed by atoms with Crippen LogP contribution in [0, 0.1) is 11.3 Å². The molecule has 0 atom stereocenters. The van der Waals surface area contributed by atoms with Crippen molar-refractivity contribution in [2.75, 3.05) is 5.75 Å². The molecule has 0 spiro atoms. The molecule has 0 saturated heterocycles. The standard InChI is InChI=1S/C14H13N3OS2/c1-9(16)11(6-15)13(18)8-20-14-17-12-5-3-2-4-10(12)7-19-14/h2-5H,7-8,16H2,1H3/b11-9+. The molecule has 1 aromatic carbocycles. The predicted octanol–water partition coefficient (Wildman–Crippen LogP) is 2.98. The Bertz CT molecular complexity index is 640. The number of nitriles is 1. The fourth-order valence-corrected chi connectivity index (χ4v) is 3.59. The molecule has 0 saturated carbocycles. The third kappa shape index (κ3) is 3.44. The van der Waals surface area contributed by atoms with Crippen LogP contribution < -0.4 is 5.73 Å². The van der Waals surface area contributed by atoms with Crippen LogP contribution in [-0.2, 0) is 10.5 Å². The number of carbonyl (C=O) groups excluding carboxylic acids is 1. The van der Waals surface area contributed by atoms with Crippen LogP contribution >= 0.6 is 23.5 Å². The number of allylic oxidation sites excluding steroid dienone is 2. The minimum atomic E-state index is -0.250. The summed E-state index contributed by atoms with van der Waals surface area (Å²) in [5, 5.41) is 8.88. The molecule has 0 fully saturated rings. The Hall–Kier alpha value is -1.71. The highest BCUT2D eigenvalue weighted by Gasteiger charge is 2.16. The van der Waals surface area contributed by atoms with Crippen molar-refractivity contribution in [3.05, 3.63) is 41.1 Å². The Morgan fingerprint density at radius 1 is 1.55 bits per heavy atom. The van der Waals surface area contributed by atoms with Crippen LogP contribution in [0.2, 0.25) is 0 Å². The maximum atomic E-state index is 11.9. The van der Waals surface area contributed by atoms with E-state index in [0.717, 1.165) is 15.8 Å². The summed E-state index contributed by atoms with van der Waals surface area (Å²) in [6.07, 6.45) is 0. The number of nitrogens with two attached hydrogens (primary N) is 1. The van der Waals surface area contributed by atoms with Gasteiger partial charge in [-0.3, -0.25) is 4.79 Å². The molecular weight excluding hydrogens is 290 g/mol. The number of aliphatic imine (C=N–C) groups is 1. The van der Waals surface area contributed by atoms with E-state index in [1.807, 2.05) is 30.3 Å². The lowest BCUT2D eigenvalue weighted by Gasteiger charge is -2.13. The highest BCUT2D eigenvalue weighted by atomic mass is 32.2. The molecule has 0 aromatic heterocycles. The molecule has 0 unspecified atom stereocenters. The van der Waals surface area contributed by atoms with E-state index in [1.54, 1.807) is 18.7 Å². The van der Waals surface area contributed by atoms with Crippen molar-refractivity contribution in [2.24, 2.45) is 10.7 Å². The fourth-order valence-electron chi connectivity index (χ4n) is 1.66. The van der Waals surface area contributed by atoms with Gasteiger partial charge in [-0.2, -0.15) is 5.26 Å². The van der Waals surface area contributed by atoms with E-state index in [1.165, 1.54) is 17.3 Å². The molecule has 20 heavy (non-hydrogen) atoms. The monoisotopic (exact) mass is 303 g/mol. The van der Waals surface area contributed by atoms with Gasteiger partial charge in [0.1, 0.15) is 16.0 Å². The van der Waals surface area contributed by atoms with Crippen LogP contribution in [0.25, 0.3) is 0 Å². The van der Waals surface area contributed by atoms with Gasteiger partial charge >= 0.3 is 0 Å². The number of Topliss-reactive ketones (excluding diaryl/α,β-unsaturated/α-hetero) is 1. The number of hydrogen-bond acceptors (Lipinski definition) is 6. The highest BCUT2D eigenvalue weighted by Crippen LogP contribution is 2.34. The van der Waals surface area contributed by atoms with Crippen molar-refractivity contribution in [1.82, 2.24) is 0 Å². The van der Waals surface area contributed by atoms with Gasteiger partial charge in [0.05, 0.1) is 11.4 Å². The van der Waals surface area contributed by atoms with Crippen LogP contribution in [0.5, 0.6) is 0 Å². The van der Waals surface area contributed by atoms with Crippen LogP contribution in [-0.4, -0.2) is 15.9 Å². The second kappa shape index (κ2) is 6.64. The van der Waals surface area contributed by atoms with E-state index < -0.39 is 0 Å². The van der Waals surface area contributed by atoms with Crippen LogP contribution in [0.15, 0.2) is 40.5 Å². The van der Waals surface area contributed by atoms with Gasteiger partial charge in [-0.25, -0.2) is 4.99 Å². The molecule has 0 amide bonds. The van der Waals surface area contributed by atoms with Gasteiger partial charge in [0.2, 0.25) is 0 Å². The molecule has 0 aliphatic carbocycles. The minimum Gasteiger partial charge on any atom is -0.401 e. The van der Waals surface area contributed by atoms with E-state index in [0.29, 0.717) is 0 Å². The zero-order valence-corrected chi connectivity index (χ0v) is 12.6. The number of para-hydroxylation sites is 1. The number of ketones is 1. The molecule has 0 bridgehead atoms. The van der Waals surface area contributed by atoms with Crippen LogP contribution in [0.1, 0.15) is 12.5 Å². The molecule has 1 aliphatic heterocycles. The third-order valence-corrected chi connectivity index (χ3v) is 4.91. The summed E-state index contributed by atoms with van der Waals surface area (Å²) in [4.78, 5) is 16.4. The first-order valence-corrected chi connectivity index (χ1v) is 7.90. The van der Waals surface area contributed by atoms with E-state index in [4.69, 9.17) is 11.0 Å². The molecule has 1 aliphatic rings. The van der Waals surface area contributed by atoms with E-state index >= 15 is 0 Å². The topological polar surface area (TPSA) is 79.2 Å². The zero-order chi connectivity index (χ0) is 14.5. The molecule has 1 aromatic rings. The number of benzene rings is 1. The summed E-state index contributed by atoms with van der Waals surface area (Å²) < 4.78 is 0.851. The smallest absolute Gasteiger partial charge is 0.185 e. The summed E-state index contributed by atoms with van der Waals surface area (Å²) >= 11 is 2.96. The molecule has 6 heteroatoms. The van der Waals surface area contributed by atoms with Gasteiger partial charge in [-0.05, 0) is 18.6 Å². The number of thioether (sulfide) groups is 2. The Morgan fingerprint density at radius 2 is 2.30 bits per heavy atom. The number of fused-ring (bicyclic) bond motifs is 1. The summed E-state index contributed by atoms with van der Waals surface area (Å²) in [6.45, 7) is 1.56. The van der Waals surface area contributed by atoms with Crippen molar-refractivity contribution >= 4 is 39.4 Å². The molecule has 0 radical (unpaired) electrons. The Morgan fingerprint density at radius 3 is 3.00 bits per heavy atom. The van der Waals surface area contributed by atoms with E-state index in [2.05, 4.69) is 4.99 Å².